The topological polar surface area (TPSA) is 131 Å². The van der Waals surface area contributed by atoms with Gasteiger partial charge in [0.15, 0.2) is 6.61 Å². The molecule has 1 aliphatic rings. The number of aryl methyl sites for hydroxylation is 1. The fraction of sp³-hybridized carbons (Fsp3) is 0.261. The highest BCUT2D eigenvalue weighted by Crippen LogP contribution is 2.21. The number of sulfonamides is 1. The van der Waals surface area contributed by atoms with Crippen LogP contribution in [0.4, 0.5) is 5.69 Å². The van der Waals surface area contributed by atoms with Crippen LogP contribution >= 0.6 is 0 Å². The van der Waals surface area contributed by atoms with E-state index in [0.717, 1.165) is 23.8 Å². The summed E-state index contributed by atoms with van der Waals surface area (Å²) in [6, 6.07) is 13.9. The van der Waals surface area contributed by atoms with Gasteiger partial charge in [-0.2, -0.15) is 0 Å². The highest BCUT2D eigenvalue weighted by molar-refractivity contribution is 7.92. The Hall–Kier alpha value is -3.50. The van der Waals surface area contributed by atoms with Crippen LogP contribution in [-0.4, -0.2) is 45.4 Å². The number of ether oxygens (including phenoxy) is 1. The Morgan fingerprint density at radius 2 is 1.76 bits per heavy atom. The van der Waals surface area contributed by atoms with E-state index in [2.05, 4.69) is 15.4 Å². The summed E-state index contributed by atoms with van der Waals surface area (Å²) in [7, 11) is -3.87. The van der Waals surface area contributed by atoms with Gasteiger partial charge in [-0.05, 0) is 43.5 Å². The number of anilines is 1. The van der Waals surface area contributed by atoms with Gasteiger partial charge >= 0.3 is 5.97 Å². The number of benzene rings is 2. The zero-order valence-corrected chi connectivity index (χ0v) is 18.9. The molecule has 9 nitrogen and oxygen atoms in total. The van der Waals surface area contributed by atoms with Crippen molar-refractivity contribution in [2.24, 2.45) is 0 Å². The van der Waals surface area contributed by atoms with Gasteiger partial charge in [0.2, 0.25) is 10.0 Å². The van der Waals surface area contributed by atoms with Crippen LogP contribution in [0.15, 0.2) is 53.9 Å². The van der Waals surface area contributed by atoms with E-state index in [-0.39, 0.29) is 11.9 Å². The number of rotatable bonds is 10. The van der Waals surface area contributed by atoms with E-state index in [1.54, 1.807) is 36.4 Å². The quantitative estimate of drug-likeness (QED) is 0.454. The van der Waals surface area contributed by atoms with Crippen molar-refractivity contribution in [2.45, 2.75) is 25.8 Å². The van der Waals surface area contributed by atoms with Gasteiger partial charge < -0.3 is 15.4 Å². The summed E-state index contributed by atoms with van der Waals surface area (Å²) >= 11 is 0. The highest BCUT2D eigenvalue weighted by atomic mass is 32.2. The normalized spacial score (nSPS) is 13.5. The molecular weight excluding hydrogens is 446 g/mol. The largest absolute Gasteiger partial charge is 0.455 e. The average molecular weight is 472 g/mol. The van der Waals surface area contributed by atoms with Crippen LogP contribution in [-0.2, 0) is 24.3 Å². The van der Waals surface area contributed by atoms with Crippen molar-refractivity contribution in [3.63, 3.8) is 0 Å². The van der Waals surface area contributed by atoms with Gasteiger partial charge in [0.1, 0.15) is 6.54 Å². The maximum absolute atomic E-state index is 12.3. The van der Waals surface area contributed by atoms with Gasteiger partial charge in [-0.15, -0.1) is 0 Å². The van der Waals surface area contributed by atoms with Crippen molar-refractivity contribution in [3.8, 4) is 0 Å². The van der Waals surface area contributed by atoms with Crippen molar-refractivity contribution >= 4 is 39.6 Å². The summed E-state index contributed by atoms with van der Waals surface area (Å²) in [4.78, 5) is 36.3. The first-order valence-electron chi connectivity index (χ1n) is 10.3. The lowest BCUT2D eigenvalue weighted by Gasteiger charge is -2.11. The zero-order chi connectivity index (χ0) is 23.8. The Bertz CT molecular complexity index is 1150. The Kier molecular flexibility index (Phi) is 7.96. The van der Waals surface area contributed by atoms with E-state index in [0.29, 0.717) is 16.8 Å². The molecule has 0 unspecified atom stereocenters. The fourth-order valence-corrected chi connectivity index (χ4v) is 3.47. The molecule has 3 N–H and O–H groups in total. The molecule has 0 heterocycles. The van der Waals surface area contributed by atoms with Crippen LogP contribution in [0.1, 0.15) is 34.3 Å². The zero-order valence-electron chi connectivity index (χ0n) is 18.0. The number of esters is 1. The van der Waals surface area contributed by atoms with E-state index < -0.39 is 35.1 Å². The third-order valence-corrected chi connectivity index (χ3v) is 5.70. The summed E-state index contributed by atoms with van der Waals surface area (Å²) in [6.45, 7) is 0.662. The van der Waals surface area contributed by atoms with E-state index in [1.807, 2.05) is 19.1 Å². The van der Waals surface area contributed by atoms with Crippen molar-refractivity contribution in [3.05, 3.63) is 70.6 Å². The third-order valence-electron chi connectivity index (χ3n) is 4.66. The molecule has 1 aliphatic carbocycles. The molecule has 0 atom stereocenters. The Balaban J connectivity index is 1.44. The summed E-state index contributed by atoms with van der Waals surface area (Å²) in [5.41, 5.74) is 2.33. The fourth-order valence-electron chi connectivity index (χ4n) is 2.72. The van der Waals surface area contributed by atoms with Crippen molar-refractivity contribution in [1.29, 1.82) is 0 Å². The van der Waals surface area contributed by atoms with Gasteiger partial charge in [0.25, 0.3) is 11.8 Å². The molecule has 2 aromatic carbocycles. The lowest BCUT2D eigenvalue weighted by atomic mass is 10.1. The molecular formula is C23H25N3O6S. The summed E-state index contributed by atoms with van der Waals surface area (Å²) < 4.78 is 30.9. The molecule has 2 aromatic rings. The first-order chi connectivity index (χ1) is 15.7. The molecule has 174 valence electrons. The predicted molar refractivity (Wildman–Crippen MR) is 124 cm³/mol. The van der Waals surface area contributed by atoms with Gasteiger partial charge in [-0.3, -0.25) is 14.4 Å². The lowest BCUT2D eigenvalue weighted by molar-refractivity contribution is -0.146. The van der Waals surface area contributed by atoms with Crippen LogP contribution in [0.5, 0.6) is 0 Å². The van der Waals surface area contributed by atoms with Gasteiger partial charge in [-0.1, -0.05) is 42.0 Å². The monoisotopic (exact) mass is 471 g/mol. The van der Waals surface area contributed by atoms with E-state index in [1.165, 1.54) is 6.08 Å². The maximum Gasteiger partial charge on any atom is 0.321 e. The second-order valence-corrected chi connectivity index (χ2v) is 9.23. The molecule has 2 amide bonds. The van der Waals surface area contributed by atoms with Gasteiger partial charge in [0.05, 0.1) is 11.3 Å². The van der Waals surface area contributed by atoms with Crippen LogP contribution in [0.3, 0.4) is 0 Å². The van der Waals surface area contributed by atoms with E-state index in [4.69, 9.17) is 4.74 Å². The molecule has 0 bridgehead atoms. The summed E-state index contributed by atoms with van der Waals surface area (Å²) in [5.74, 6) is -1.87. The molecule has 10 heteroatoms. The number of carbonyl (C=O) groups is 3. The Labute approximate surface area is 192 Å². The minimum absolute atomic E-state index is 0.165. The number of hydrogen-bond acceptors (Lipinski definition) is 6. The van der Waals surface area contributed by atoms with Crippen LogP contribution in [0.25, 0.3) is 6.08 Å². The summed E-state index contributed by atoms with van der Waals surface area (Å²) in [5, 5.41) is 6.32. The number of para-hydroxylation sites is 1. The van der Waals surface area contributed by atoms with Crippen molar-refractivity contribution in [2.75, 3.05) is 18.5 Å². The second-order valence-electron chi connectivity index (χ2n) is 7.58. The van der Waals surface area contributed by atoms with Gasteiger partial charge in [-0.25, -0.2) is 13.1 Å². The number of amides is 2. The third kappa shape index (κ3) is 8.17. The second kappa shape index (κ2) is 10.9. The number of nitrogens with one attached hydrogen (secondary N) is 3. The van der Waals surface area contributed by atoms with Crippen LogP contribution < -0.4 is 15.4 Å². The molecule has 33 heavy (non-hydrogen) atoms. The minimum Gasteiger partial charge on any atom is -0.455 e. The van der Waals surface area contributed by atoms with Crippen LogP contribution in [0.2, 0.25) is 0 Å². The van der Waals surface area contributed by atoms with Crippen LogP contribution in [0, 0.1) is 6.92 Å². The number of carbonyl (C=O) groups excluding carboxylic acids is 3. The molecule has 0 saturated heterocycles. The van der Waals surface area contributed by atoms with Crippen molar-refractivity contribution in [1.82, 2.24) is 10.0 Å². The first kappa shape index (κ1) is 24.1. The van der Waals surface area contributed by atoms with Gasteiger partial charge in [0, 0.05) is 11.4 Å². The molecule has 1 saturated carbocycles. The first-order valence-corrected chi connectivity index (χ1v) is 11.9. The summed E-state index contributed by atoms with van der Waals surface area (Å²) in [6.07, 6.45) is 3.26. The van der Waals surface area contributed by atoms with Crippen molar-refractivity contribution < 1.29 is 27.5 Å². The molecule has 1 fully saturated rings. The predicted octanol–water partition coefficient (Wildman–Crippen LogP) is 1.96. The SMILES string of the molecule is Cc1ccc(/C=C/S(=O)(=O)NCC(=O)OCC(=O)Nc2ccccc2C(=O)NC2CC2)cc1. The minimum atomic E-state index is -3.87. The highest BCUT2D eigenvalue weighted by Gasteiger charge is 2.25. The molecule has 3 rings (SSSR count). The molecule has 0 radical (unpaired) electrons. The average Bonchev–Trinajstić information content (AvgIpc) is 3.60. The smallest absolute Gasteiger partial charge is 0.321 e. The standard InChI is InChI=1S/C23H25N3O6S/c1-16-6-8-17(9-7-16)12-13-33(30,31)24-14-22(28)32-15-21(27)26-20-5-3-2-4-19(20)23(29)25-18-10-11-18/h2-9,12-13,18,24H,10-11,14-15H2,1H3,(H,25,29)(H,26,27)/b13-12+. The van der Waals surface area contributed by atoms with E-state index in [9.17, 15) is 22.8 Å². The molecule has 0 aliphatic heterocycles. The Morgan fingerprint density at radius 3 is 2.45 bits per heavy atom. The molecule has 0 spiro atoms. The lowest BCUT2D eigenvalue weighted by Crippen LogP contribution is -2.31. The maximum atomic E-state index is 12.3. The molecule has 0 aromatic heterocycles. The number of hydrogen-bond donors (Lipinski definition) is 3. The Morgan fingerprint density at radius 1 is 1.06 bits per heavy atom. The van der Waals surface area contributed by atoms with E-state index >= 15 is 0 Å².